The van der Waals surface area contributed by atoms with Gasteiger partial charge in [-0.2, -0.15) is 0 Å². The Morgan fingerprint density at radius 2 is 2.08 bits per heavy atom. The number of ether oxygens (including phenoxy) is 2. The summed E-state index contributed by atoms with van der Waals surface area (Å²) in [6, 6.07) is 6.43. The maximum atomic E-state index is 12.5. The first-order chi connectivity index (χ1) is 11.6. The van der Waals surface area contributed by atoms with E-state index in [4.69, 9.17) is 9.47 Å². The number of nitrogens with zero attached hydrogens (tertiary/aromatic N) is 1. The maximum absolute atomic E-state index is 12.5. The van der Waals surface area contributed by atoms with E-state index in [0.717, 1.165) is 0 Å². The van der Waals surface area contributed by atoms with E-state index in [1.54, 1.807) is 4.90 Å². The molecule has 136 valence electrons. The van der Waals surface area contributed by atoms with Crippen molar-refractivity contribution in [3.05, 3.63) is 40.5 Å². The van der Waals surface area contributed by atoms with Crippen LogP contribution in [0.4, 0.5) is 4.79 Å². The molecule has 4 nitrogen and oxygen atoms in total. The average Bonchev–Trinajstić information content (AvgIpc) is 2.83. The number of carbonyl (C=O) groups is 1. The Balaban J connectivity index is 1.90. The SMILES string of the molecule is CC(C)=Cc1cccc2c1COC1(C)CN(C(=O)OC(C)(C)C)CC21. The van der Waals surface area contributed by atoms with Gasteiger partial charge in [0.15, 0.2) is 0 Å². The van der Waals surface area contributed by atoms with Gasteiger partial charge in [0.1, 0.15) is 5.60 Å². The summed E-state index contributed by atoms with van der Waals surface area (Å²) in [5.74, 6) is 0.175. The van der Waals surface area contributed by atoms with Crippen molar-refractivity contribution >= 4 is 12.2 Å². The van der Waals surface area contributed by atoms with Crippen molar-refractivity contribution in [2.75, 3.05) is 13.1 Å². The highest BCUT2D eigenvalue weighted by molar-refractivity contribution is 5.69. The largest absolute Gasteiger partial charge is 0.444 e. The van der Waals surface area contributed by atoms with E-state index in [9.17, 15) is 4.79 Å². The zero-order valence-corrected chi connectivity index (χ0v) is 16.2. The van der Waals surface area contributed by atoms with Crippen LogP contribution in [0.2, 0.25) is 0 Å². The summed E-state index contributed by atoms with van der Waals surface area (Å²) in [5.41, 5.74) is 4.19. The molecule has 2 atom stereocenters. The third kappa shape index (κ3) is 3.59. The molecule has 0 N–H and O–H groups in total. The number of hydrogen-bond donors (Lipinski definition) is 0. The summed E-state index contributed by atoms with van der Waals surface area (Å²) in [7, 11) is 0. The van der Waals surface area contributed by atoms with Crippen molar-refractivity contribution in [1.29, 1.82) is 0 Å². The summed E-state index contributed by atoms with van der Waals surface area (Å²) in [6.07, 6.45) is 1.94. The summed E-state index contributed by atoms with van der Waals surface area (Å²) in [6.45, 7) is 13.8. The zero-order valence-electron chi connectivity index (χ0n) is 16.2. The van der Waals surface area contributed by atoms with Gasteiger partial charge in [-0.25, -0.2) is 4.79 Å². The molecule has 2 heterocycles. The summed E-state index contributed by atoms with van der Waals surface area (Å²) >= 11 is 0. The quantitative estimate of drug-likeness (QED) is 0.740. The lowest BCUT2D eigenvalue weighted by Gasteiger charge is -2.37. The molecular weight excluding hydrogens is 314 g/mol. The Morgan fingerprint density at radius 3 is 2.72 bits per heavy atom. The number of fused-ring (bicyclic) bond motifs is 3. The second kappa shape index (κ2) is 6.17. The Labute approximate surface area is 150 Å². The Bertz CT molecular complexity index is 712. The lowest BCUT2D eigenvalue weighted by Crippen LogP contribution is -2.41. The van der Waals surface area contributed by atoms with Gasteiger partial charge in [-0.15, -0.1) is 0 Å². The third-order valence-corrected chi connectivity index (χ3v) is 4.91. The topological polar surface area (TPSA) is 38.8 Å². The number of rotatable bonds is 1. The van der Waals surface area contributed by atoms with E-state index < -0.39 is 5.60 Å². The first kappa shape index (κ1) is 18.0. The first-order valence-corrected chi connectivity index (χ1v) is 8.98. The van der Waals surface area contributed by atoms with Crippen LogP contribution in [-0.2, 0) is 16.1 Å². The van der Waals surface area contributed by atoms with Crippen LogP contribution in [-0.4, -0.2) is 35.3 Å². The average molecular weight is 343 g/mol. The predicted molar refractivity (Wildman–Crippen MR) is 99.5 cm³/mol. The van der Waals surface area contributed by atoms with Crippen LogP contribution in [0.25, 0.3) is 6.08 Å². The van der Waals surface area contributed by atoms with Gasteiger partial charge < -0.3 is 14.4 Å². The van der Waals surface area contributed by atoms with Gasteiger partial charge in [0, 0.05) is 12.5 Å². The van der Waals surface area contributed by atoms with Crippen LogP contribution in [0.5, 0.6) is 0 Å². The monoisotopic (exact) mass is 343 g/mol. The standard InChI is InChI=1S/C21H29NO3/c1-14(2)10-15-8-7-9-16-17(15)12-24-21(6)13-22(11-18(16)21)19(23)25-20(3,4)5/h7-10,18H,11-13H2,1-6H3. The molecule has 0 radical (unpaired) electrons. The molecule has 0 bridgehead atoms. The fraction of sp³-hybridized carbons (Fsp3) is 0.571. The van der Waals surface area contributed by atoms with Crippen molar-refractivity contribution in [3.8, 4) is 0 Å². The van der Waals surface area contributed by atoms with E-state index in [-0.39, 0.29) is 17.6 Å². The molecule has 4 heteroatoms. The van der Waals surface area contributed by atoms with Crippen LogP contribution in [0.3, 0.4) is 0 Å². The van der Waals surface area contributed by atoms with Gasteiger partial charge in [-0.3, -0.25) is 0 Å². The fourth-order valence-corrected chi connectivity index (χ4v) is 3.81. The van der Waals surface area contributed by atoms with E-state index in [1.165, 1.54) is 22.3 Å². The van der Waals surface area contributed by atoms with Crippen molar-refractivity contribution in [1.82, 2.24) is 4.90 Å². The van der Waals surface area contributed by atoms with Gasteiger partial charge >= 0.3 is 6.09 Å². The van der Waals surface area contributed by atoms with E-state index in [1.807, 2.05) is 20.8 Å². The smallest absolute Gasteiger partial charge is 0.410 e. The van der Waals surface area contributed by atoms with Crippen molar-refractivity contribution in [3.63, 3.8) is 0 Å². The minimum Gasteiger partial charge on any atom is -0.444 e. The minimum absolute atomic E-state index is 0.175. The molecule has 2 aliphatic rings. The Morgan fingerprint density at radius 1 is 1.36 bits per heavy atom. The second-order valence-electron chi connectivity index (χ2n) is 8.65. The van der Waals surface area contributed by atoms with Gasteiger partial charge in [0.05, 0.1) is 18.8 Å². The van der Waals surface area contributed by atoms with Crippen molar-refractivity contribution in [2.45, 2.75) is 65.3 Å². The van der Waals surface area contributed by atoms with Gasteiger partial charge in [-0.05, 0) is 58.2 Å². The molecule has 3 rings (SSSR count). The van der Waals surface area contributed by atoms with E-state index >= 15 is 0 Å². The molecule has 1 saturated heterocycles. The molecule has 1 amide bonds. The molecule has 2 aliphatic heterocycles. The van der Waals surface area contributed by atoms with Gasteiger partial charge in [-0.1, -0.05) is 29.8 Å². The number of benzene rings is 1. The normalized spacial score (nSPS) is 25.2. The molecule has 0 aromatic heterocycles. The minimum atomic E-state index is -0.485. The molecule has 2 unspecified atom stereocenters. The molecule has 0 aliphatic carbocycles. The highest BCUT2D eigenvalue weighted by Crippen LogP contribution is 2.45. The number of carbonyl (C=O) groups excluding carboxylic acids is 1. The Hall–Kier alpha value is -1.81. The number of amides is 1. The van der Waals surface area contributed by atoms with Gasteiger partial charge in [0.25, 0.3) is 0 Å². The maximum Gasteiger partial charge on any atom is 0.410 e. The van der Waals surface area contributed by atoms with Crippen LogP contribution < -0.4 is 0 Å². The second-order valence-corrected chi connectivity index (χ2v) is 8.65. The molecular formula is C21H29NO3. The van der Waals surface area contributed by atoms with Crippen LogP contribution in [0, 0.1) is 0 Å². The van der Waals surface area contributed by atoms with Crippen molar-refractivity contribution in [2.24, 2.45) is 0 Å². The summed E-state index contributed by atoms with van der Waals surface area (Å²) in [4.78, 5) is 14.3. The van der Waals surface area contributed by atoms with E-state index in [0.29, 0.717) is 19.7 Å². The molecule has 25 heavy (non-hydrogen) atoms. The number of hydrogen-bond acceptors (Lipinski definition) is 3. The molecule has 0 spiro atoms. The van der Waals surface area contributed by atoms with Crippen LogP contribution in [0.1, 0.15) is 64.2 Å². The van der Waals surface area contributed by atoms with Crippen LogP contribution in [0.15, 0.2) is 23.8 Å². The molecule has 1 aromatic rings. The van der Waals surface area contributed by atoms with Crippen LogP contribution >= 0.6 is 0 Å². The highest BCUT2D eigenvalue weighted by Gasteiger charge is 2.50. The number of likely N-dealkylation sites (tertiary alicyclic amines) is 1. The first-order valence-electron chi connectivity index (χ1n) is 8.98. The molecule has 1 aromatic carbocycles. The summed E-state index contributed by atoms with van der Waals surface area (Å²) < 4.78 is 11.8. The number of allylic oxidation sites excluding steroid dienone is 1. The summed E-state index contributed by atoms with van der Waals surface area (Å²) in [5, 5.41) is 0. The fourth-order valence-electron chi connectivity index (χ4n) is 3.81. The highest BCUT2D eigenvalue weighted by atomic mass is 16.6. The lowest BCUT2D eigenvalue weighted by atomic mass is 9.80. The third-order valence-electron chi connectivity index (χ3n) is 4.91. The zero-order chi connectivity index (χ0) is 18.4. The van der Waals surface area contributed by atoms with E-state index in [2.05, 4.69) is 45.0 Å². The molecule has 0 saturated carbocycles. The predicted octanol–water partition coefficient (Wildman–Crippen LogP) is 4.73. The lowest BCUT2D eigenvalue weighted by molar-refractivity contribution is -0.0575. The Kier molecular flexibility index (Phi) is 4.44. The molecule has 1 fully saturated rings. The van der Waals surface area contributed by atoms with Crippen molar-refractivity contribution < 1.29 is 14.3 Å². The van der Waals surface area contributed by atoms with Gasteiger partial charge in [0.2, 0.25) is 0 Å².